The highest BCUT2D eigenvalue weighted by molar-refractivity contribution is 7.80. The summed E-state index contributed by atoms with van der Waals surface area (Å²) in [6, 6.07) is 2.19. The maximum Gasteiger partial charge on any atom is 0.321 e. The molecule has 1 rings (SSSR count). The van der Waals surface area contributed by atoms with Gasteiger partial charge in [0.1, 0.15) is 11.6 Å². The van der Waals surface area contributed by atoms with Crippen molar-refractivity contribution in [2.24, 2.45) is 5.73 Å². The second-order valence-corrected chi connectivity index (χ2v) is 4.71. The minimum absolute atomic E-state index is 0.0826. The lowest BCUT2D eigenvalue weighted by Crippen LogP contribution is -2.40. The standard InChI is InChI=1S/C12H15F2N3OS/c1-7(5-11(15)19)17(2)12(18)16-10-4-3-8(13)6-9(10)14/h3-4,6-7H,5H2,1-2H3,(H2,15,19)(H,16,18). The molecule has 1 aromatic carbocycles. The lowest BCUT2D eigenvalue weighted by atomic mass is 10.2. The third-order valence-corrected chi connectivity index (χ3v) is 2.82. The van der Waals surface area contributed by atoms with Gasteiger partial charge in [-0.15, -0.1) is 0 Å². The Labute approximate surface area is 115 Å². The van der Waals surface area contributed by atoms with Gasteiger partial charge in [-0.1, -0.05) is 12.2 Å². The molecule has 0 aliphatic heterocycles. The fourth-order valence-corrected chi connectivity index (χ4v) is 1.66. The zero-order chi connectivity index (χ0) is 14.6. The Morgan fingerprint density at radius 1 is 1.53 bits per heavy atom. The van der Waals surface area contributed by atoms with E-state index in [2.05, 4.69) is 5.32 Å². The first-order valence-corrected chi connectivity index (χ1v) is 5.99. The van der Waals surface area contributed by atoms with Crippen LogP contribution in [0.4, 0.5) is 19.3 Å². The van der Waals surface area contributed by atoms with Gasteiger partial charge in [0.2, 0.25) is 0 Å². The van der Waals surface area contributed by atoms with Crippen LogP contribution in [-0.4, -0.2) is 29.0 Å². The Morgan fingerprint density at radius 3 is 2.68 bits per heavy atom. The van der Waals surface area contributed by atoms with Gasteiger partial charge in [-0.3, -0.25) is 0 Å². The number of anilines is 1. The average molecular weight is 287 g/mol. The molecule has 1 atom stereocenters. The van der Waals surface area contributed by atoms with Crippen LogP contribution in [0, 0.1) is 11.6 Å². The zero-order valence-electron chi connectivity index (χ0n) is 10.6. The zero-order valence-corrected chi connectivity index (χ0v) is 11.4. The third-order valence-electron chi connectivity index (χ3n) is 2.65. The number of amides is 2. The van der Waals surface area contributed by atoms with Gasteiger partial charge in [-0.25, -0.2) is 13.6 Å². The van der Waals surface area contributed by atoms with E-state index in [-0.39, 0.29) is 11.7 Å². The quantitative estimate of drug-likeness (QED) is 0.837. The van der Waals surface area contributed by atoms with Crippen LogP contribution in [0.5, 0.6) is 0 Å². The van der Waals surface area contributed by atoms with E-state index in [1.54, 1.807) is 14.0 Å². The maximum atomic E-state index is 13.4. The second-order valence-electron chi connectivity index (χ2n) is 4.18. The summed E-state index contributed by atoms with van der Waals surface area (Å²) in [6.07, 6.45) is 0.366. The Hall–Kier alpha value is -1.76. The molecule has 104 valence electrons. The van der Waals surface area contributed by atoms with Crippen LogP contribution in [0.1, 0.15) is 13.3 Å². The Morgan fingerprint density at radius 2 is 2.16 bits per heavy atom. The van der Waals surface area contributed by atoms with Gasteiger partial charge in [0.05, 0.1) is 10.7 Å². The Bertz CT molecular complexity index is 496. The summed E-state index contributed by atoms with van der Waals surface area (Å²) in [5.41, 5.74) is 5.31. The molecule has 0 saturated carbocycles. The van der Waals surface area contributed by atoms with Crippen molar-refractivity contribution in [2.45, 2.75) is 19.4 Å². The summed E-state index contributed by atoms with van der Waals surface area (Å²) < 4.78 is 26.1. The Kier molecular flexibility index (Phi) is 5.17. The van der Waals surface area contributed by atoms with Crippen molar-refractivity contribution >= 4 is 28.9 Å². The van der Waals surface area contributed by atoms with E-state index in [0.29, 0.717) is 17.5 Å². The van der Waals surface area contributed by atoms with Gasteiger partial charge >= 0.3 is 6.03 Å². The van der Waals surface area contributed by atoms with Gasteiger partial charge in [-0.05, 0) is 19.1 Å². The molecule has 4 nitrogen and oxygen atoms in total. The number of thiocarbonyl (C=S) groups is 1. The summed E-state index contributed by atoms with van der Waals surface area (Å²) in [5, 5.41) is 2.35. The van der Waals surface area contributed by atoms with Gasteiger partial charge in [0.15, 0.2) is 0 Å². The molecule has 0 radical (unpaired) electrons. The summed E-state index contributed by atoms with van der Waals surface area (Å²) in [6.45, 7) is 1.76. The second kappa shape index (κ2) is 6.42. The number of nitrogens with two attached hydrogens (primary N) is 1. The van der Waals surface area contributed by atoms with Crippen LogP contribution >= 0.6 is 12.2 Å². The molecule has 0 aliphatic rings. The van der Waals surface area contributed by atoms with E-state index in [1.165, 1.54) is 4.90 Å². The molecule has 0 aliphatic carbocycles. The first-order chi connectivity index (χ1) is 8.81. The highest BCUT2D eigenvalue weighted by Gasteiger charge is 2.17. The number of halogens is 2. The molecule has 0 spiro atoms. The van der Waals surface area contributed by atoms with Crippen LogP contribution in [-0.2, 0) is 0 Å². The minimum Gasteiger partial charge on any atom is -0.393 e. The smallest absolute Gasteiger partial charge is 0.321 e. The molecule has 2 amide bonds. The van der Waals surface area contributed by atoms with Gasteiger partial charge in [0, 0.05) is 25.6 Å². The maximum absolute atomic E-state index is 13.4. The number of urea groups is 1. The molecule has 1 aromatic rings. The largest absolute Gasteiger partial charge is 0.393 e. The number of carbonyl (C=O) groups is 1. The molecule has 1 unspecified atom stereocenters. The van der Waals surface area contributed by atoms with Crippen LogP contribution in [0.15, 0.2) is 18.2 Å². The van der Waals surface area contributed by atoms with Crippen molar-refractivity contribution in [3.63, 3.8) is 0 Å². The van der Waals surface area contributed by atoms with E-state index in [9.17, 15) is 13.6 Å². The predicted octanol–water partition coefficient (Wildman–Crippen LogP) is 2.49. The van der Waals surface area contributed by atoms with Gasteiger partial charge < -0.3 is 16.0 Å². The number of hydrogen-bond donors (Lipinski definition) is 2. The first-order valence-electron chi connectivity index (χ1n) is 5.58. The lowest BCUT2D eigenvalue weighted by Gasteiger charge is -2.24. The molecule has 0 fully saturated rings. The molecular formula is C12H15F2N3OS. The molecule has 0 heterocycles. The third kappa shape index (κ3) is 4.44. The van der Waals surface area contributed by atoms with Crippen molar-refractivity contribution < 1.29 is 13.6 Å². The van der Waals surface area contributed by atoms with E-state index in [4.69, 9.17) is 18.0 Å². The van der Waals surface area contributed by atoms with E-state index < -0.39 is 17.7 Å². The summed E-state index contributed by atoms with van der Waals surface area (Å²) in [5.74, 6) is -1.53. The van der Waals surface area contributed by atoms with Crippen LogP contribution in [0.3, 0.4) is 0 Å². The number of nitrogens with zero attached hydrogens (tertiary/aromatic N) is 1. The fourth-order valence-electron chi connectivity index (χ4n) is 1.42. The van der Waals surface area contributed by atoms with Crippen LogP contribution < -0.4 is 11.1 Å². The predicted molar refractivity (Wildman–Crippen MR) is 74.0 cm³/mol. The topological polar surface area (TPSA) is 58.4 Å². The van der Waals surface area contributed by atoms with Crippen molar-refractivity contribution in [1.82, 2.24) is 4.90 Å². The van der Waals surface area contributed by atoms with E-state index >= 15 is 0 Å². The number of rotatable bonds is 4. The molecule has 3 N–H and O–H groups in total. The molecular weight excluding hydrogens is 272 g/mol. The average Bonchev–Trinajstić information content (AvgIpc) is 2.30. The lowest BCUT2D eigenvalue weighted by molar-refractivity contribution is 0.209. The molecule has 7 heteroatoms. The first kappa shape index (κ1) is 15.3. The van der Waals surface area contributed by atoms with Crippen molar-refractivity contribution in [3.05, 3.63) is 29.8 Å². The summed E-state index contributed by atoms with van der Waals surface area (Å²) in [4.78, 5) is 13.5. The SMILES string of the molecule is CC(CC(N)=S)N(C)C(=O)Nc1ccc(F)cc1F. The van der Waals surface area contributed by atoms with Crippen molar-refractivity contribution in [3.8, 4) is 0 Å². The number of nitrogens with one attached hydrogen (secondary N) is 1. The van der Waals surface area contributed by atoms with Crippen molar-refractivity contribution in [1.29, 1.82) is 0 Å². The van der Waals surface area contributed by atoms with Crippen molar-refractivity contribution in [2.75, 3.05) is 12.4 Å². The molecule has 0 aromatic heterocycles. The Balaban J connectivity index is 2.71. The number of benzene rings is 1. The normalized spacial score (nSPS) is 11.8. The highest BCUT2D eigenvalue weighted by atomic mass is 32.1. The number of hydrogen-bond acceptors (Lipinski definition) is 2. The van der Waals surface area contributed by atoms with Gasteiger partial charge in [0.25, 0.3) is 0 Å². The fraction of sp³-hybridized carbons (Fsp3) is 0.333. The van der Waals surface area contributed by atoms with Gasteiger partial charge in [-0.2, -0.15) is 0 Å². The van der Waals surface area contributed by atoms with E-state index in [1.807, 2.05) is 0 Å². The summed E-state index contributed by atoms with van der Waals surface area (Å²) >= 11 is 4.76. The molecule has 0 bridgehead atoms. The molecule has 0 saturated heterocycles. The summed E-state index contributed by atoms with van der Waals surface area (Å²) in [7, 11) is 1.54. The highest BCUT2D eigenvalue weighted by Crippen LogP contribution is 2.16. The van der Waals surface area contributed by atoms with Crippen LogP contribution in [0.25, 0.3) is 0 Å². The minimum atomic E-state index is -0.830. The molecule has 19 heavy (non-hydrogen) atoms. The number of carbonyl (C=O) groups excluding carboxylic acids is 1. The van der Waals surface area contributed by atoms with Crippen LogP contribution in [0.2, 0.25) is 0 Å². The van der Waals surface area contributed by atoms with E-state index in [0.717, 1.165) is 12.1 Å². The monoisotopic (exact) mass is 287 g/mol.